The Balaban J connectivity index is -0.0000000267. The van der Waals surface area contributed by atoms with Gasteiger partial charge in [0, 0.05) is 0 Å². The van der Waals surface area contributed by atoms with Crippen molar-refractivity contribution in [1.82, 2.24) is 0 Å². The molecular formula is CCaCl10Si. The van der Waals surface area contributed by atoms with Gasteiger partial charge in [-0.25, -0.2) is 0 Å². The molecule has 0 aliphatic rings. The molecule has 0 saturated heterocycles. The van der Waals surface area contributed by atoms with E-state index in [9.17, 15) is 0 Å². The van der Waals surface area contributed by atoms with Gasteiger partial charge in [-0.05, 0) is 0 Å². The molecule has 0 saturated carbocycles. The molecule has 0 aliphatic heterocycles. The van der Waals surface area contributed by atoms with E-state index in [2.05, 4.69) is 0 Å². The third kappa shape index (κ3) is 177. The summed E-state index contributed by atoms with van der Waals surface area (Å²) in [7, 11) is 0. The van der Waals surface area contributed by atoms with Crippen LogP contribution in [0.1, 0.15) is 0 Å². The summed E-state index contributed by atoms with van der Waals surface area (Å²) in [4.78, 5) is 0. The monoisotopic (exact) mass is 430 g/mol. The zero-order valence-corrected chi connectivity index (χ0v) is 16.3. The largest absolute Gasteiger partial charge is 2.00 e. The Morgan fingerprint density at radius 3 is 0.692 bits per heavy atom. The molecule has 12 heteroatoms. The predicted octanol–water partition coefficient (Wildman–Crippen LogP) is -1.44. The van der Waals surface area contributed by atoms with Crippen LogP contribution in [0.3, 0.4) is 0 Å². The minimum Gasteiger partial charge on any atom is -1.00 e. The molecule has 0 aromatic carbocycles. The molecule has 0 N–H and O–H groups in total. The van der Waals surface area contributed by atoms with E-state index < -0.39 is 8.56 Å². The standard InChI is InChI=1S/CCl4.Ca.Cl4Si.2ClH/c2-1(3,4)5;;1-5(2,3)4;;/h;;;2*1H/q;+2;;;/p-2. The maximum Gasteiger partial charge on any atom is 2.00 e. The first-order valence-corrected chi connectivity index (χ1v) is 9.07. The Morgan fingerprint density at radius 2 is 0.692 bits per heavy atom. The molecule has 0 bridgehead atoms. The average molecular weight is 435 g/mol. The van der Waals surface area contributed by atoms with Gasteiger partial charge in [-0.2, -0.15) is 0 Å². The van der Waals surface area contributed by atoms with Crippen LogP contribution in [0, 0.1) is 0 Å². The van der Waals surface area contributed by atoms with Crippen molar-refractivity contribution in [3.8, 4) is 0 Å². The molecule has 0 fully saturated rings. The van der Waals surface area contributed by atoms with Gasteiger partial charge in [0.2, 0.25) is 0 Å². The third-order valence-corrected chi connectivity index (χ3v) is 0. The van der Waals surface area contributed by atoms with Gasteiger partial charge in [-0.3, -0.25) is 0 Å². The van der Waals surface area contributed by atoms with E-state index in [0.29, 0.717) is 0 Å². The normalized spacial score (nSPS) is 9.23. The Morgan fingerprint density at radius 1 is 0.692 bits per heavy atom. The summed E-state index contributed by atoms with van der Waals surface area (Å²) in [6, 6.07) is 0. The van der Waals surface area contributed by atoms with E-state index in [1.54, 1.807) is 0 Å². The first-order valence-electron chi connectivity index (χ1n) is 1.51. The average Bonchev–Trinajstić information content (AvgIpc) is 1.12. The summed E-state index contributed by atoms with van der Waals surface area (Å²) in [5, 5.41) is -2.72. The molecule has 0 unspecified atom stereocenters. The summed E-state index contributed by atoms with van der Waals surface area (Å²) in [6.45, 7) is 0. The Bertz CT molecular complexity index is 57.9. The van der Waals surface area contributed by atoms with E-state index in [1.807, 2.05) is 0 Å². The summed E-state index contributed by atoms with van der Waals surface area (Å²) < 4.78 is -1.61. The van der Waals surface area contributed by atoms with E-state index in [1.165, 1.54) is 0 Å². The maximum atomic E-state index is 4.97. The van der Waals surface area contributed by atoms with Gasteiger partial charge in [-0.1, -0.05) is 46.4 Å². The van der Waals surface area contributed by atoms with Gasteiger partial charge in [0.1, 0.15) is 0 Å². The molecular weight excluding hydrogens is 435 g/mol. The van der Waals surface area contributed by atoms with E-state index in [0.717, 1.165) is 0 Å². The van der Waals surface area contributed by atoms with Crippen molar-refractivity contribution >= 4 is 134 Å². The van der Waals surface area contributed by atoms with Crippen LogP contribution < -0.4 is 24.8 Å². The third-order valence-electron chi connectivity index (χ3n) is 0. The number of hydrogen-bond donors (Lipinski definition) is 0. The van der Waals surface area contributed by atoms with E-state index in [4.69, 9.17) is 90.7 Å². The first-order chi connectivity index (χ1) is 4.00. The minimum atomic E-state index is -2.72. The SMILES string of the molecule is ClC(Cl)(Cl)Cl.Cl[Si](Cl)(Cl)Cl.[Ca+2].[Cl-].[Cl-]. The van der Waals surface area contributed by atoms with Gasteiger partial charge < -0.3 is 24.8 Å². The van der Waals surface area contributed by atoms with Crippen molar-refractivity contribution in [2.75, 3.05) is 0 Å². The quantitative estimate of drug-likeness (QED) is 0.249. The van der Waals surface area contributed by atoms with Crippen molar-refractivity contribution < 1.29 is 24.8 Å². The van der Waals surface area contributed by atoms with Gasteiger partial charge in [0.15, 0.2) is 0 Å². The van der Waals surface area contributed by atoms with Gasteiger partial charge >= 0.3 is 43.1 Å². The molecule has 13 heavy (non-hydrogen) atoms. The molecule has 0 aromatic rings. The number of rotatable bonds is 0. The predicted molar refractivity (Wildman–Crippen MR) is 61.1 cm³/mol. The van der Waals surface area contributed by atoms with Crippen LogP contribution in [0.2, 0.25) is 0 Å². The van der Waals surface area contributed by atoms with Crippen LogP contribution >= 0.6 is 90.7 Å². The fourth-order valence-electron chi connectivity index (χ4n) is 0. The van der Waals surface area contributed by atoms with E-state index in [-0.39, 0.29) is 62.6 Å². The van der Waals surface area contributed by atoms with Crippen molar-refractivity contribution in [3.05, 3.63) is 0 Å². The van der Waals surface area contributed by atoms with Crippen LogP contribution in [0.5, 0.6) is 0 Å². The van der Waals surface area contributed by atoms with Crippen molar-refractivity contribution in [3.63, 3.8) is 0 Å². The van der Waals surface area contributed by atoms with Gasteiger partial charge in [0.25, 0.3) is 3.25 Å². The summed E-state index contributed by atoms with van der Waals surface area (Å²) >= 11 is 39.2. The zero-order valence-electron chi connectivity index (χ0n) is 5.49. The van der Waals surface area contributed by atoms with Crippen LogP contribution in [0.25, 0.3) is 0 Å². The second-order valence-electron chi connectivity index (χ2n) is 0.857. The van der Waals surface area contributed by atoms with Gasteiger partial charge in [0.05, 0.1) is 0 Å². The second kappa shape index (κ2) is 14.4. The van der Waals surface area contributed by atoms with Gasteiger partial charge in [-0.15, -0.1) is 44.3 Å². The molecule has 0 radical (unpaired) electrons. The summed E-state index contributed by atoms with van der Waals surface area (Å²) in [5.74, 6) is 0. The van der Waals surface area contributed by atoms with Crippen LogP contribution in [-0.2, 0) is 0 Å². The smallest absolute Gasteiger partial charge is 1.00 e. The number of alkyl halides is 4. The fraction of sp³-hybridized carbons (Fsp3) is 1.00. The van der Waals surface area contributed by atoms with Crippen molar-refractivity contribution in [1.29, 1.82) is 0 Å². The topological polar surface area (TPSA) is 0 Å². The molecule has 0 rings (SSSR count). The number of hydrogen-bond acceptors (Lipinski definition) is 0. The first kappa shape index (κ1) is 30.4. The molecule has 0 spiro atoms. The maximum absolute atomic E-state index is 4.97. The Kier molecular flexibility index (Phi) is 33.8. The Hall–Kier alpha value is 4.38. The minimum absolute atomic E-state index is 0. The molecule has 0 heterocycles. The van der Waals surface area contributed by atoms with Crippen molar-refractivity contribution in [2.24, 2.45) is 0 Å². The number of halogens is 10. The van der Waals surface area contributed by atoms with Crippen molar-refractivity contribution in [2.45, 2.75) is 3.25 Å². The molecule has 0 amide bonds. The summed E-state index contributed by atoms with van der Waals surface area (Å²) in [5.41, 5.74) is 0. The van der Waals surface area contributed by atoms with Crippen LogP contribution in [0.4, 0.5) is 0 Å². The fourth-order valence-corrected chi connectivity index (χ4v) is 0. The molecule has 0 atom stereocenters. The van der Waals surface area contributed by atoms with Crippen LogP contribution in [0.15, 0.2) is 0 Å². The molecule has 80 valence electrons. The summed E-state index contributed by atoms with van der Waals surface area (Å²) in [6.07, 6.45) is 0. The molecule has 0 aliphatic carbocycles. The molecule has 0 nitrogen and oxygen atoms in total. The van der Waals surface area contributed by atoms with Crippen LogP contribution in [-0.4, -0.2) is 46.3 Å². The Labute approximate surface area is 159 Å². The van der Waals surface area contributed by atoms with E-state index >= 15 is 0 Å². The zero-order chi connectivity index (χ0) is 9.00. The second-order valence-corrected chi connectivity index (χ2v) is 15.4. The molecule has 0 aromatic heterocycles.